The Morgan fingerprint density at radius 3 is 2.29 bits per heavy atom. The van der Waals surface area contributed by atoms with Crippen LogP contribution in [0.5, 0.6) is 0 Å². The van der Waals surface area contributed by atoms with Crippen LogP contribution >= 0.6 is 0 Å². The zero-order chi connectivity index (χ0) is 15.2. The van der Waals surface area contributed by atoms with Crippen molar-refractivity contribution < 1.29 is 9.78 Å². The Morgan fingerprint density at radius 1 is 1.00 bits per heavy atom. The van der Waals surface area contributed by atoms with E-state index >= 15 is 0 Å². The number of para-hydroxylation sites is 1. The van der Waals surface area contributed by atoms with Crippen molar-refractivity contribution in [2.24, 2.45) is 10.4 Å². The molecule has 9 heteroatoms. The second-order valence-electron chi connectivity index (χ2n) is 3.87. The Kier molecular flexibility index (Phi) is 4.14. The molecule has 0 aliphatic rings. The fourth-order valence-corrected chi connectivity index (χ4v) is 1.52. The first-order valence-corrected chi connectivity index (χ1v) is 5.72. The first-order valence-electron chi connectivity index (χ1n) is 5.72. The number of nitro benzene ring substituents is 1. The molecule has 0 aromatic heterocycles. The number of anilines is 1. The molecule has 0 saturated carbocycles. The predicted molar refractivity (Wildman–Crippen MR) is 74.3 cm³/mol. The van der Waals surface area contributed by atoms with Crippen molar-refractivity contribution in [2.75, 3.05) is 5.43 Å². The van der Waals surface area contributed by atoms with Gasteiger partial charge in [0.25, 0.3) is 5.69 Å². The van der Waals surface area contributed by atoms with Gasteiger partial charge in [-0.05, 0) is 29.4 Å². The van der Waals surface area contributed by atoms with Gasteiger partial charge in [-0.2, -0.15) is 0 Å². The van der Waals surface area contributed by atoms with E-state index in [1.807, 2.05) is 0 Å². The van der Waals surface area contributed by atoms with E-state index in [9.17, 15) is 20.2 Å². The maximum Gasteiger partial charge on any atom is 0.269 e. The molecule has 0 fully saturated rings. The molecule has 0 saturated heterocycles. The van der Waals surface area contributed by atoms with Gasteiger partial charge in [0.05, 0.1) is 10.1 Å². The minimum Gasteiger partial charge on any atom is -0.691 e. The second-order valence-corrected chi connectivity index (χ2v) is 3.87. The Labute approximate surface area is 118 Å². The summed E-state index contributed by atoms with van der Waals surface area (Å²) in [5.74, 6) is 0. The second kappa shape index (κ2) is 6.19. The van der Waals surface area contributed by atoms with Gasteiger partial charge in [0.15, 0.2) is 11.4 Å². The fraction of sp³-hybridized carbons (Fsp3) is 0. The van der Waals surface area contributed by atoms with Crippen LogP contribution in [0.15, 0.2) is 58.9 Å². The van der Waals surface area contributed by atoms with Gasteiger partial charge in [0, 0.05) is 12.1 Å². The first-order chi connectivity index (χ1) is 10.1. The number of nitrogens with one attached hydrogen (secondary N) is 1. The summed E-state index contributed by atoms with van der Waals surface area (Å²) in [6, 6.07) is 11.3. The third-order valence-corrected chi connectivity index (χ3v) is 2.53. The van der Waals surface area contributed by atoms with Gasteiger partial charge in [-0.3, -0.25) is 10.1 Å². The van der Waals surface area contributed by atoms with Crippen LogP contribution < -0.4 is 5.43 Å². The summed E-state index contributed by atoms with van der Waals surface area (Å²) >= 11 is 0. The summed E-state index contributed by atoms with van der Waals surface area (Å²) in [5, 5.41) is 28.5. The minimum atomic E-state index is -0.535. The average molecular weight is 287 g/mol. The summed E-state index contributed by atoms with van der Waals surface area (Å²) in [6.45, 7) is 0. The molecular formula is C12H9N5O4. The van der Waals surface area contributed by atoms with Gasteiger partial charge in [0.1, 0.15) is 5.69 Å². The first kappa shape index (κ1) is 14.1. The van der Waals surface area contributed by atoms with Crippen molar-refractivity contribution >= 4 is 22.7 Å². The molecule has 0 radical (unpaired) electrons. The molecule has 1 N–H and O–H groups in total. The maximum absolute atomic E-state index is 11.8. The van der Waals surface area contributed by atoms with E-state index in [2.05, 4.69) is 15.8 Å². The number of non-ortho nitro benzene ring substituents is 1. The number of rotatable bonds is 5. The quantitative estimate of drug-likeness (QED) is 0.296. The van der Waals surface area contributed by atoms with Crippen LogP contribution in [0, 0.1) is 20.2 Å². The zero-order valence-electron chi connectivity index (χ0n) is 10.5. The minimum absolute atomic E-state index is 0.0121. The van der Waals surface area contributed by atoms with E-state index < -0.39 is 4.92 Å². The molecule has 2 aromatic carbocycles. The molecule has 2 aromatic rings. The van der Waals surface area contributed by atoms with E-state index in [-0.39, 0.29) is 21.9 Å². The molecule has 21 heavy (non-hydrogen) atoms. The molecule has 0 heterocycles. The molecule has 0 bridgehead atoms. The third kappa shape index (κ3) is 3.35. The smallest absolute Gasteiger partial charge is 0.269 e. The third-order valence-electron chi connectivity index (χ3n) is 2.53. The molecule has 106 valence electrons. The van der Waals surface area contributed by atoms with Crippen LogP contribution in [0.4, 0.5) is 22.7 Å². The van der Waals surface area contributed by atoms with E-state index in [4.69, 9.17) is 0 Å². The average Bonchev–Trinajstić information content (AvgIpc) is 2.52. The van der Waals surface area contributed by atoms with Crippen LogP contribution in [0.3, 0.4) is 0 Å². The highest BCUT2D eigenvalue weighted by atomic mass is 16.6. The molecular weight excluding hydrogens is 278 g/mol. The van der Waals surface area contributed by atoms with Crippen LogP contribution in [-0.2, 0) is 0 Å². The molecule has 0 atom stereocenters. The summed E-state index contributed by atoms with van der Waals surface area (Å²) in [5.41, 5.74) is 2.69. The number of benzene rings is 2. The zero-order valence-corrected chi connectivity index (χ0v) is 10.5. The molecule has 2 rings (SSSR count). The Bertz CT molecular complexity index is 699. The van der Waals surface area contributed by atoms with Crippen molar-refractivity contribution in [3.8, 4) is 0 Å². The topological polar surface area (TPSA) is 123 Å². The largest absolute Gasteiger partial charge is 0.691 e. The molecule has 0 aliphatic heterocycles. The fourth-order valence-electron chi connectivity index (χ4n) is 1.52. The molecule has 0 unspecified atom stereocenters. The summed E-state index contributed by atoms with van der Waals surface area (Å²) in [4.78, 5) is 20.7. The maximum atomic E-state index is 11.8. The monoisotopic (exact) mass is 287 g/mol. The highest BCUT2D eigenvalue weighted by Gasteiger charge is 2.08. The number of hydrogen-bond donors (Lipinski definition) is 1. The lowest BCUT2D eigenvalue weighted by Gasteiger charge is -2.06. The van der Waals surface area contributed by atoms with Crippen molar-refractivity contribution in [3.05, 3.63) is 68.8 Å². The summed E-state index contributed by atoms with van der Waals surface area (Å²) in [6.07, 6.45) is 0. The van der Waals surface area contributed by atoms with Crippen molar-refractivity contribution in [1.29, 1.82) is 0 Å². The molecule has 9 nitrogen and oxygen atoms in total. The molecule has 0 spiro atoms. The van der Waals surface area contributed by atoms with Crippen LogP contribution in [0.1, 0.15) is 0 Å². The van der Waals surface area contributed by atoms with Crippen LogP contribution in [0.2, 0.25) is 0 Å². The Hall–Kier alpha value is -3.36. The van der Waals surface area contributed by atoms with Gasteiger partial charge in [-0.25, -0.2) is 0 Å². The van der Waals surface area contributed by atoms with Gasteiger partial charge in [-0.15, -0.1) is 15.2 Å². The van der Waals surface area contributed by atoms with Gasteiger partial charge < -0.3 is 5.21 Å². The SMILES string of the molecule is O=Nc1ccccc1/[N+]([O-])=N/Nc1ccc([N+](=O)[O-])cc1. The van der Waals surface area contributed by atoms with Crippen molar-refractivity contribution in [3.63, 3.8) is 0 Å². The predicted octanol–water partition coefficient (Wildman–Crippen LogP) is 3.61. The van der Waals surface area contributed by atoms with Crippen molar-refractivity contribution in [2.45, 2.75) is 0 Å². The van der Waals surface area contributed by atoms with Crippen LogP contribution in [0.25, 0.3) is 0 Å². The molecule has 0 amide bonds. The lowest BCUT2D eigenvalue weighted by atomic mass is 10.3. The van der Waals surface area contributed by atoms with Crippen LogP contribution in [-0.4, -0.2) is 9.78 Å². The van der Waals surface area contributed by atoms with Gasteiger partial charge in [0.2, 0.25) is 0 Å². The number of nitro groups is 1. The Balaban J connectivity index is 2.16. The van der Waals surface area contributed by atoms with Crippen molar-refractivity contribution in [1.82, 2.24) is 0 Å². The lowest BCUT2D eigenvalue weighted by Crippen LogP contribution is -1.98. The molecule has 0 aliphatic carbocycles. The highest BCUT2D eigenvalue weighted by Crippen LogP contribution is 2.26. The van der Waals surface area contributed by atoms with E-state index in [0.29, 0.717) is 5.69 Å². The van der Waals surface area contributed by atoms with Gasteiger partial charge >= 0.3 is 0 Å². The number of nitroso groups, excluding NO2 is 1. The van der Waals surface area contributed by atoms with E-state index in [0.717, 1.165) is 0 Å². The number of hydrogen-bond acceptors (Lipinski definition) is 6. The van der Waals surface area contributed by atoms with E-state index in [1.54, 1.807) is 12.1 Å². The Morgan fingerprint density at radius 2 is 1.67 bits per heavy atom. The highest BCUT2D eigenvalue weighted by molar-refractivity contribution is 5.56. The standard InChI is InChI=1S/C12H9N5O4/c18-14-11-3-1-2-4-12(11)16(19)15-13-9-5-7-10(8-6-9)17(20)21/h1-8,13H/b16-15-. The van der Waals surface area contributed by atoms with Gasteiger partial charge in [-0.1, -0.05) is 12.1 Å². The lowest BCUT2D eigenvalue weighted by molar-refractivity contribution is -0.438. The summed E-state index contributed by atoms with van der Waals surface area (Å²) in [7, 11) is 0. The normalized spacial score (nSPS) is 11.0. The summed E-state index contributed by atoms with van der Waals surface area (Å²) < 4.78 is 0. The number of nitrogens with zero attached hydrogens (tertiary/aromatic N) is 4. The van der Waals surface area contributed by atoms with E-state index in [1.165, 1.54) is 36.4 Å².